The number of rotatable bonds is 6. The molecule has 0 aliphatic carbocycles. The molecule has 0 radical (unpaired) electrons. The van der Waals surface area contributed by atoms with E-state index < -0.39 is 0 Å². The molecule has 108 valence electrons. The number of likely N-dealkylation sites (N-methyl/N-ethyl adjacent to an activating group) is 1. The molecule has 1 atom stereocenters. The highest BCUT2D eigenvalue weighted by Crippen LogP contribution is 2.32. The van der Waals surface area contributed by atoms with E-state index in [0.717, 1.165) is 13.0 Å². The van der Waals surface area contributed by atoms with Crippen LogP contribution in [0.1, 0.15) is 49.9 Å². The Morgan fingerprint density at radius 1 is 1.21 bits per heavy atom. The molecule has 1 unspecified atom stereocenters. The van der Waals surface area contributed by atoms with Crippen molar-refractivity contribution in [1.29, 1.82) is 0 Å². The average Bonchev–Trinajstić information content (AvgIpc) is 2.34. The van der Waals surface area contributed by atoms with E-state index in [2.05, 4.69) is 77.1 Å². The molecular formula is C17H30N2. The van der Waals surface area contributed by atoms with E-state index in [-0.39, 0.29) is 5.54 Å². The first-order chi connectivity index (χ1) is 8.82. The first-order valence-corrected chi connectivity index (χ1v) is 7.29. The molecule has 2 heteroatoms. The maximum Gasteiger partial charge on any atom is 0.0504 e. The molecule has 0 heterocycles. The Morgan fingerprint density at radius 3 is 2.37 bits per heavy atom. The Balaban J connectivity index is 3.20. The van der Waals surface area contributed by atoms with Crippen molar-refractivity contribution in [1.82, 2.24) is 10.2 Å². The van der Waals surface area contributed by atoms with E-state index in [0.29, 0.717) is 6.04 Å². The Labute approximate surface area is 119 Å². The Hall–Kier alpha value is -0.860. The van der Waals surface area contributed by atoms with Gasteiger partial charge in [-0.05, 0) is 71.4 Å². The van der Waals surface area contributed by atoms with Crippen molar-refractivity contribution in [3.63, 3.8) is 0 Å². The third-order valence-corrected chi connectivity index (χ3v) is 4.42. The van der Waals surface area contributed by atoms with Gasteiger partial charge in [0.15, 0.2) is 0 Å². The zero-order chi connectivity index (χ0) is 14.6. The molecular weight excluding hydrogens is 232 g/mol. The van der Waals surface area contributed by atoms with E-state index in [9.17, 15) is 0 Å². The van der Waals surface area contributed by atoms with Gasteiger partial charge >= 0.3 is 0 Å². The molecule has 0 amide bonds. The summed E-state index contributed by atoms with van der Waals surface area (Å²) in [4.78, 5) is 2.31. The molecule has 0 saturated heterocycles. The standard InChI is InChI=1S/C17H30N2/c1-8-12-18-16(17(4,5)19(6)7)15-11-9-10-13(2)14(15)3/h9-11,16,18H,8,12H2,1-7H3. The topological polar surface area (TPSA) is 15.3 Å². The third kappa shape index (κ3) is 3.58. The maximum atomic E-state index is 3.73. The van der Waals surface area contributed by atoms with Gasteiger partial charge in [-0.3, -0.25) is 0 Å². The van der Waals surface area contributed by atoms with Crippen LogP contribution in [0.3, 0.4) is 0 Å². The van der Waals surface area contributed by atoms with E-state index in [1.807, 2.05) is 0 Å². The van der Waals surface area contributed by atoms with Crippen molar-refractivity contribution in [2.45, 2.75) is 52.6 Å². The van der Waals surface area contributed by atoms with Crippen LogP contribution in [-0.4, -0.2) is 31.1 Å². The van der Waals surface area contributed by atoms with Gasteiger partial charge in [-0.25, -0.2) is 0 Å². The Morgan fingerprint density at radius 2 is 1.84 bits per heavy atom. The van der Waals surface area contributed by atoms with Crippen LogP contribution in [-0.2, 0) is 0 Å². The number of hydrogen-bond acceptors (Lipinski definition) is 2. The highest BCUT2D eigenvalue weighted by molar-refractivity contribution is 5.37. The van der Waals surface area contributed by atoms with Crippen LogP contribution in [0.25, 0.3) is 0 Å². The fraction of sp³-hybridized carbons (Fsp3) is 0.647. The quantitative estimate of drug-likeness (QED) is 0.841. The maximum absolute atomic E-state index is 3.73. The number of benzene rings is 1. The zero-order valence-electron chi connectivity index (χ0n) is 13.7. The first kappa shape index (κ1) is 16.2. The van der Waals surface area contributed by atoms with Gasteiger partial charge < -0.3 is 10.2 Å². The van der Waals surface area contributed by atoms with Crippen LogP contribution in [0.5, 0.6) is 0 Å². The fourth-order valence-electron chi connectivity index (χ4n) is 2.37. The summed E-state index contributed by atoms with van der Waals surface area (Å²) in [6.45, 7) is 12.3. The molecule has 1 rings (SSSR count). The minimum Gasteiger partial charge on any atom is -0.308 e. The van der Waals surface area contributed by atoms with Crippen LogP contribution in [0, 0.1) is 13.8 Å². The number of nitrogens with one attached hydrogen (secondary N) is 1. The predicted octanol–water partition coefficient (Wildman–Crippen LogP) is 3.68. The molecule has 19 heavy (non-hydrogen) atoms. The van der Waals surface area contributed by atoms with Gasteiger partial charge in [-0.1, -0.05) is 25.1 Å². The Kier molecular flexibility index (Phi) is 5.57. The normalized spacial score (nSPS) is 13.9. The van der Waals surface area contributed by atoms with Crippen molar-refractivity contribution < 1.29 is 0 Å². The highest BCUT2D eigenvalue weighted by Gasteiger charge is 2.33. The van der Waals surface area contributed by atoms with Gasteiger partial charge in [-0.15, -0.1) is 0 Å². The smallest absolute Gasteiger partial charge is 0.0504 e. The van der Waals surface area contributed by atoms with Gasteiger partial charge in [0.25, 0.3) is 0 Å². The van der Waals surface area contributed by atoms with Crippen molar-refractivity contribution in [3.05, 3.63) is 34.9 Å². The lowest BCUT2D eigenvalue weighted by Crippen LogP contribution is -2.49. The zero-order valence-corrected chi connectivity index (χ0v) is 13.7. The molecule has 1 aromatic carbocycles. The molecule has 0 aliphatic rings. The van der Waals surface area contributed by atoms with E-state index in [1.165, 1.54) is 16.7 Å². The van der Waals surface area contributed by atoms with E-state index >= 15 is 0 Å². The summed E-state index contributed by atoms with van der Waals surface area (Å²) < 4.78 is 0. The summed E-state index contributed by atoms with van der Waals surface area (Å²) in [6.07, 6.45) is 1.16. The van der Waals surface area contributed by atoms with Gasteiger partial charge in [-0.2, -0.15) is 0 Å². The van der Waals surface area contributed by atoms with Crippen molar-refractivity contribution in [3.8, 4) is 0 Å². The molecule has 1 N–H and O–H groups in total. The van der Waals surface area contributed by atoms with Crippen LogP contribution in [0.2, 0.25) is 0 Å². The average molecular weight is 262 g/mol. The second-order valence-electron chi connectivity index (χ2n) is 6.22. The van der Waals surface area contributed by atoms with E-state index in [1.54, 1.807) is 0 Å². The molecule has 0 aromatic heterocycles. The third-order valence-electron chi connectivity index (χ3n) is 4.42. The van der Waals surface area contributed by atoms with Crippen LogP contribution < -0.4 is 5.32 Å². The summed E-state index contributed by atoms with van der Waals surface area (Å²) in [5.41, 5.74) is 4.28. The molecule has 1 aromatic rings. The van der Waals surface area contributed by atoms with Crippen LogP contribution in [0.4, 0.5) is 0 Å². The number of nitrogens with zero attached hydrogens (tertiary/aromatic N) is 1. The fourth-order valence-corrected chi connectivity index (χ4v) is 2.37. The lowest BCUT2D eigenvalue weighted by atomic mass is 9.84. The summed E-state index contributed by atoms with van der Waals surface area (Å²) in [7, 11) is 4.32. The molecule has 0 aliphatic heterocycles. The largest absolute Gasteiger partial charge is 0.308 e. The monoisotopic (exact) mass is 262 g/mol. The van der Waals surface area contributed by atoms with Crippen molar-refractivity contribution >= 4 is 0 Å². The van der Waals surface area contributed by atoms with Gasteiger partial charge in [0.2, 0.25) is 0 Å². The van der Waals surface area contributed by atoms with Gasteiger partial charge in [0, 0.05) is 5.54 Å². The summed E-state index contributed by atoms with van der Waals surface area (Å²) in [6, 6.07) is 6.98. The molecule has 0 saturated carbocycles. The molecule has 2 nitrogen and oxygen atoms in total. The summed E-state index contributed by atoms with van der Waals surface area (Å²) in [5.74, 6) is 0. The first-order valence-electron chi connectivity index (χ1n) is 7.29. The van der Waals surface area contributed by atoms with Crippen LogP contribution >= 0.6 is 0 Å². The summed E-state index contributed by atoms with van der Waals surface area (Å²) >= 11 is 0. The lowest BCUT2D eigenvalue weighted by molar-refractivity contribution is 0.137. The molecule has 0 fully saturated rings. The lowest BCUT2D eigenvalue weighted by Gasteiger charge is -2.41. The minimum atomic E-state index is 0.0771. The van der Waals surface area contributed by atoms with Crippen molar-refractivity contribution in [2.24, 2.45) is 0 Å². The second-order valence-corrected chi connectivity index (χ2v) is 6.22. The molecule has 0 bridgehead atoms. The SMILES string of the molecule is CCCNC(c1cccc(C)c1C)C(C)(C)N(C)C. The number of hydrogen-bond donors (Lipinski definition) is 1. The number of aryl methyl sites for hydroxylation is 1. The predicted molar refractivity (Wildman–Crippen MR) is 84.7 cm³/mol. The Bertz CT molecular complexity index is 408. The van der Waals surface area contributed by atoms with E-state index in [4.69, 9.17) is 0 Å². The van der Waals surface area contributed by atoms with Crippen molar-refractivity contribution in [2.75, 3.05) is 20.6 Å². The second kappa shape index (κ2) is 6.53. The van der Waals surface area contributed by atoms with Crippen LogP contribution in [0.15, 0.2) is 18.2 Å². The highest BCUT2D eigenvalue weighted by atomic mass is 15.2. The summed E-state index contributed by atoms with van der Waals surface area (Å²) in [5, 5.41) is 3.73. The van der Waals surface area contributed by atoms with Gasteiger partial charge in [0.05, 0.1) is 6.04 Å². The molecule has 0 spiro atoms. The van der Waals surface area contributed by atoms with Gasteiger partial charge in [0.1, 0.15) is 0 Å². The minimum absolute atomic E-state index is 0.0771.